The van der Waals surface area contributed by atoms with Gasteiger partial charge in [0.2, 0.25) is 15.9 Å². The van der Waals surface area contributed by atoms with E-state index in [0.717, 1.165) is 5.56 Å². The minimum atomic E-state index is -3.63. The molecule has 1 aliphatic heterocycles. The molecule has 8 nitrogen and oxygen atoms in total. The summed E-state index contributed by atoms with van der Waals surface area (Å²) in [5, 5.41) is 0. The molecule has 1 aromatic heterocycles. The number of hydrogen-bond acceptors (Lipinski definition) is 6. The number of methoxy groups -OCH3 is 1. The zero-order valence-corrected chi connectivity index (χ0v) is 18.1. The monoisotopic (exact) mass is 433 g/mol. The SMILES string of the molecule is COCCOc1ccc(S(=O)(=O)N2CCN(C(=O)Cc3ccccn3)CC2)cc1C. The van der Waals surface area contributed by atoms with Gasteiger partial charge in [0.25, 0.3) is 0 Å². The van der Waals surface area contributed by atoms with Crippen molar-refractivity contribution < 1.29 is 22.7 Å². The molecule has 1 fully saturated rings. The summed E-state index contributed by atoms with van der Waals surface area (Å²) in [5.41, 5.74) is 1.46. The lowest BCUT2D eigenvalue weighted by Crippen LogP contribution is -2.50. The van der Waals surface area contributed by atoms with Crippen molar-refractivity contribution in [2.24, 2.45) is 0 Å². The van der Waals surface area contributed by atoms with Gasteiger partial charge in [0.05, 0.1) is 17.9 Å². The molecule has 0 spiro atoms. The maximum absolute atomic E-state index is 13.0. The Kier molecular flexibility index (Phi) is 7.41. The average Bonchev–Trinajstić information content (AvgIpc) is 2.75. The van der Waals surface area contributed by atoms with Crippen LogP contribution in [0.25, 0.3) is 0 Å². The lowest BCUT2D eigenvalue weighted by molar-refractivity contribution is -0.131. The van der Waals surface area contributed by atoms with Crippen LogP contribution in [0, 0.1) is 6.92 Å². The van der Waals surface area contributed by atoms with Gasteiger partial charge in [-0.2, -0.15) is 4.31 Å². The van der Waals surface area contributed by atoms with Crippen LogP contribution in [0.2, 0.25) is 0 Å². The van der Waals surface area contributed by atoms with Gasteiger partial charge >= 0.3 is 0 Å². The summed E-state index contributed by atoms with van der Waals surface area (Å²) in [6.07, 6.45) is 1.88. The van der Waals surface area contributed by atoms with Crippen LogP contribution in [0.3, 0.4) is 0 Å². The number of aryl methyl sites for hydroxylation is 1. The highest BCUT2D eigenvalue weighted by molar-refractivity contribution is 7.89. The molecule has 0 saturated carbocycles. The molecule has 9 heteroatoms. The van der Waals surface area contributed by atoms with Crippen LogP contribution in [0.15, 0.2) is 47.5 Å². The van der Waals surface area contributed by atoms with Crippen LogP contribution >= 0.6 is 0 Å². The fourth-order valence-electron chi connectivity index (χ4n) is 3.28. The van der Waals surface area contributed by atoms with Crippen molar-refractivity contribution in [2.75, 3.05) is 46.5 Å². The number of nitrogens with zero attached hydrogens (tertiary/aromatic N) is 3. The Morgan fingerprint density at radius 2 is 1.87 bits per heavy atom. The molecule has 1 aliphatic rings. The van der Waals surface area contributed by atoms with Gasteiger partial charge in [0.1, 0.15) is 12.4 Å². The number of sulfonamides is 1. The fourth-order valence-corrected chi connectivity index (χ4v) is 4.78. The minimum absolute atomic E-state index is 0.0425. The molecule has 162 valence electrons. The third kappa shape index (κ3) is 5.35. The Bertz CT molecular complexity index is 958. The quantitative estimate of drug-likeness (QED) is 0.586. The Hall–Kier alpha value is -2.49. The predicted molar refractivity (Wildman–Crippen MR) is 112 cm³/mol. The van der Waals surface area contributed by atoms with Gasteiger partial charge in [-0.05, 0) is 42.8 Å². The molecule has 0 aliphatic carbocycles. The van der Waals surface area contributed by atoms with E-state index in [1.54, 1.807) is 42.5 Å². The summed E-state index contributed by atoms with van der Waals surface area (Å²) >= 11 is 0. The van der Waals surface area contributed by atoms with Crippen molar-refractivity contribution in [3.8, 4) is 5.75 Å². The lowest BCUT2D eigenvalue weighted by atomic mass is 10.2. The highest BCUT2D eigenvalue weighted by atomic mass is 32.2. The largest absolute Gasteiger partial charge is 0.491 e. The van der Waals surface area contributed by atoms with Crippen LogP contribution in [0.4, 0.5) is 0 Å². The third-order valence-electron chi connectivity index (χ3n) is 4.98. The van der Waals surface area contributed by atoms with Crippen LogP contribution in [-0.4, -0.2) is 75.0 Å². The number of ether oxygens (including phenoxy) is 2. The van der Waals surface area contributed by atoms with E-state index in [1.807, 2.05) is 19.1 Å². The summed E-state index contributed by atoms with van der Waals surface area (Å²) in [7, 11) is -2.04. The van der Waals surface area contributed by atoms with Crippen LogP contribution in [0.5, 0.6) is 5.75 Å². The number of hydrogen-bond donors (Lipinski definition) is 0. The first kappa shape index (κ1) is 22.2. The summed E-state index contributed by atoms with van der Waals surface area (Å²) in [4.78, 5) is 18.6. The van der Waals surface area contributed by atoms with E-state index in [1.165, 1.54) is 4.31 Å². The molecule has 2 aromatic rings. The topological polar surface area (TPSA) is 89.0 Å². The Labute approximate surface area is 177 Å². The molecule has 0 bridgehead atoms. The number of rotatable bonds is 8. The van der Waals surface area contributed by atoms with E-state index in [2.05, 4.69) is 4.98 Å². The van der Waals surface area contributed by atoms with Crippen molar-refractivity contribution in [1.29, 1.82) is 0 Å². The number of aromatic nitrogens is 1. The first-order valence-electron chi connectivity index (χ1n) is 9.82. The van der Waals surface area contributed by atoms with Crippen LogP contribution in [0.1, 0.15) is 11.3 Å². The van der Waals surface area contributed by atoms with Gasteiger partial charge in [-0.25, -0.2) is 8.42 Å². The number of piperazine rings is 1. The Morgan fingerprint density at radius 1 is 1.10 bits per heavy atom. The molecule has 1 amide bonds. The number of benzene rings is 1. The molecular formula is C21H27N3O5S. The second kappa shape index (κ2) is 10.0. The van der Waals surface area contributed by atoms with Crippen molar-refractivity contribution in [3.05, 3.63) is 53.9 Å². The fraction of sp³-hybridized carbons (Fsp3) is 0.429. The highest BCUT2D eigenvalue weighted by Crippen LogP contribution is 2.25. The molecule has 0 atom stereocenters. The zero-order chi connectivity index (χ0) is 21.6. The highest BCUT2D eigenvalue weighted by Gasteiger charge is 2.30. The predicted octanol–water partition coefficient (Wildman–Crippen LogP) is 1.49. The lowest BCUT2D eigenvalue weighted by Gasteiger charge is -2.34. The van der Waals surface area contributed by atoms with Crippen LogP contribution < -0.4 is 4.74 Å². The maximum atomic E-state index is 13.0. The van der Waals surface area contributed by atoms with E-state index in [4.69, 9.17) is 9.47 Å². The smallest absolute Gasteiger partial charge is 0.243 e. The molecule has 1 saturated heterocycles. The third-order valence-corrected chi connectivity index (χ3v) is 6.87. The standard InChI is InChI=1S/C21H27N3O5S/c1-17-15-19(6-7-20(17)29-14-13-28-2)30(26,27)24-11-9-23(10-12-24)21(25)16-18-5-3-4-8-22-18/h3-8,15H,9-14,16H2,1-2H3. The summed E-state index contributed by atoms with van der Waals surface area (Å²) in [6.45, 7) is 3.93. The van der Waals surface area contributed by atoms with E-state index < -0.39 is 10.0 Å². The van der Waals surface area contributed by atoms with Gasteiger partial charge < -0.3 is 14.4 Å². The number of pyridine rings is 1. The van der Waals surface area contributed by atoms with Gasteiger partial charge in [0, 0.05) is 45.2 Å². The Morgan fingerprint density at radius 3 is 2.50 bits per heavy atom. The summed E-state index contributed by atoms with van der Waals surface area (Å²) in [5.74, 6) is 0.593. The number of carbonyl (C=O) groups excluding carboxylic acids is 1. The Balaban J connectivity index is 1.60. The van der Waals surface area contributed by atoms with Crippen molar-refractivity contribution in [1.82, 2.24) is 14.2 Å². The molecule has 0 unspecified atom stereocenters. The molecule has 30 heavy (non-hydrogen) atoms. The van der Waals surface area contributed by atoms with Gasteiger partial charge in [-0.3, -0.25) is 9.78 Å². The van der Waals surface area contributed by atoms with E-state index in [-0.39, 0.29) is 30.3 Å². The van der Waals surface area contributed by atoms with Gasteiger partial charge in [-0.1, -0.05) is 6.07 Å². The van der Waals surface area contributed by atoms with E-state index in [9.17, 15) is 13.2 Å². The average molecular weight is 434 g/mol. The molecule has 0 N–H and O–H groups in total. The molecule has 2 heterocycles. The number of carbonyl (C=O) groups is 1. The van der Waals surface area contributed by atoms with Crippen molar-refractivity contribution in [2.45, 2.75) is 18.2 Å². The van der Waals surface area contributed by atoms with Crippen LogP contribution in [-0.2, 0) is 26.0 Å². The molecular weight excluding hydrogens is 406 g/mol. The van der Waals surface area contributed by atoms with E-state index in [0.29, 0.717) is 37.7 Å². The summed E-state index contributed by atoms with van der Waals surface area (Å²) in [6, 6.07) is 10.3. The van der Waals surface area contributed by atoms with Crippen molar-refractivity contribution in [3.63, 3.8) is 0 Å². The summed E-state index contributed by atoms with van der Waals surface area (Å²) < 4.78 is 38.0. The second-order valence-corrected chi connectivity index (χ2v) is 8.99. The molecule has 1 aromatic carbocycles. The molecule has 0 radical (unpaired) electrons. The zero-order valence-electron chi connectivity index (χ0n) is 17.3. The van der Waals surface area contributed by atoms with E-state index >= 15 is 0 Å². The molecule has 3 rings (SSSR count). The second-order valence-electron chi connectivity index (χ2n) is 7.05. The minimum Gasteiger partial charge on any atom is -0.491 e. The first-order valence-corrected chi connectivity index (χ1v) is 11.3. The maximum Gasteiger partial charge on any atom is 0.243 e. The normalized spacial score (nSPS) is 15.2. The van der Waals surface area contributed by atoms with Gasteiger partial charge in [0.15, 0.2) is 0 Å². The first-order chi connectivity index (χ1) is 14.4. The van der Waals surface area contributed by atoms with Crippen molar-refractivity contribution >= 4 is 15.9 Å². The number of amides is 1. The van der Waals surface area contributed by atoms with Gasteiger partial charge in [-0.15, -0.1) is 0 Å².